The Bertz CT molecular complexity index is 928. The first-order chi connectivity index (χ1) is 15.9. The van der Waals surface area contributed by atoms with Crippen molar-refractivity contribution in [3.63, 3.8) is 0 Å². The number of carbonyl (C=O) groups excluding carboxylic acids is 3. The summed E-state index contributed by atoms with van der Waals surface area (Å²) in [7, 11) is 0. The van der Waals surface area contributed by atoms with Crippen LogP contribution in [0.15, 0.2) is 18.2 Å². The molecule has 1 N–H and O–H groups in total. The van der Waals surface area contributed by atoms with Crippen LogP contribution in [0, 0.1) is 5.82 Å². The lowest BCUT2D eigenvalue weighted by molar-refractivity contribution is -0.119. The summed E-state index contributed by atoms with van der Waals surface area (Å²) in [5, 5.41) is 2.62. The summed E-state index contributed by atoms with van der Waals surface area (Å²) < 4.78 is 26.1. The van der Waals surface area contributed by atoms with Gasteiger partial charge in [0.2, 0.25) is 5.91 Å². The molecule has 3 amide bonds. The normalized spacial score (nSPS) is 23.1. The number of rotatable bonds is 6. The van der Waals surface area contributed by atoms with E-state index >= 15 is 4.39 Å². The third-order valence-corrected chi connectivity index (χ3v) is 6.38. The first-order valence-electron chi connectivity index (χ1n) is 11.7. The van der Waals surface area contributed by atoms with E-state index in [9.17, 15) is 14.4 Å². The van der Waals surface area contributed by atoms with Gasteiger partial charge in [-0.3, -0.25) is 14.6 Å². The molecule has 2 saturated heterocycles. The van der Waals surface area contributed by atoms with Crippen molar-refractivity contribution in [1.82, 2.24) is 10.2 Å². The van der Waals surface area contributed by atoms with Gasteiger partial charge in [0.05, 0.1) is 36.5 Å². The predicted molar refractivity (Wildman–Crippen MR) is 127 cm³/mol. The Balaban J connectivity index is 1.68. The van der Waals surface area contributed by atoms with E-state index in [-0.39, 0.29) is 37.2 Å². The van der Waals surface area contributed by atoms with Crippen molar-refractivity contribution < 1.29 is 28.2 Å². The number of cyclic esters (lactones) is 1. The average molecular weight is 479 g/mol. The fourth-order valence-corrected chi connectivity index (χ4v) is 4.26. The number of amides is 3. The summed E-state index contributed by atoms with van der Waals surface area (Å²) in [4.78, 5) is 41.1. The Labute approximate surface area is 200 Å². The first-order valence-corrected chi connectivity index (χ1v) is 11.7. The molecule has 10 heteroatoms. The van der Waals surface area contributed by atoms with Crippen molar-refractivity contribution >= 4 is 29.5 Å². The molecule has 0 aromatic heterocycles. The Morgan fingerprint density at radius 3 is 2.41 bits per heavy atom. The molecule has 0 saturated carbocycles. The molecular formula is C24H35FN4O5. The minimum Gasteiger partial charge on any atom is -0.443 e. The second-order valence-electron chi connectivity index (χ2n) is 9.68. The minimum atomic E-state index is -0.577. The van der Waals surface area contributed by atoms with Gasteiger partial charge in [-0.2, -0.15) is 0 Å². The van der Waals surface area contributed by atoms with Gasteiger partial charge >= 0.3 is 12.2 Å². The standard InChI is InChI=1S/C24H35FN4O5/c1-7-24(5,6)34-23(32)29-15(2)12-27(13-16(29)3)21-9-8-18(10-20(21)25)28-14-19(33-22(28)31)11-26-17(4)30/h8-10,15-16,19H,7,11-14H2,1-6H3,(H,26,30). The molecule has 2 aliphatic rings. The maximum Gasteiger partial charge on any atom is 0.414 e. The maximum absolute atomic E-state index is 15.2. The average Bonchev–Trinajstić information content (AvgIpc) is 3.11. The van der Waals surface area contributed by atoms with Crippen LogP contribution in [0.25, 0.3) is 0 Å². The van der Waals surface area contributed by atoms with Gasteiger partial charge < -0.3 is 19.7 Å². The summed E-state index contributed by atoms with van der Waals surface area (Å²) in [5.41, 5.74) is 0.251. The number of benzene rings is 1. The second kappa shape index (κ2) is 10.1. The topological polar surface area (TPSA) is 91.4 Å². The number of halogens is 1. The van der Waals surface area contributed by atoms with E-state index in [0.29, 0.717) is 30.9 Å². The van der Waals surface area contributed by atoms with Crippen LogP contribution in [0.4, 0.5) is 25.4 Å². The summed E-state index contributed by atoms with van der Waals surface area (Å²) in [6.45, 7) is 12.3. The predicted octanol–water partition coefficient (Wildman–Crippen LogP) is 3.51. The third-order valence-electron chi connectivity index (χ3n) is 6.38. The molecule has 0 bridgehead atoms. The van der Waals surface area contributed by atoms with Crippen LogP contribution >= 0.6 is 0 Å². The number of anilines is 2. The molecule has 2 fully saturated rings. The minimum absolute atomic E-state index is 0.175. The molecule has 3 unspecified atom stereocenters. The number of piperazine rings is 1. The van der Waals surface area contributed by atoms with Gasteiger partial charge in [0.25, 0.3) is 0 Å². The van der Waals surface area contributed by atoms with Gasteiger partial charge in [-0.25, -0.2) is 14.0 Å². The number of nitrogens with zero attached hydrogens (tertiary/aromatic N) is 3. The summed E-state index contributed by atoms with van der Waals surface area (Å²) >= 11 is 0. The smallest absolute Gasteiger partial charge is 0.414 e. The Kier molecular flexibility index (Phi) is 7.57. The molecule has 2 heterocycles. The summed E-state index contributed by atoms with van der Waals surface area (Å²) in [6.07, 6.45) is -0.723. The molecule has 2 aliphatic heterocycles. The van der Waals surface area contributed by atoms with Gasteiger partial charge in [0.15, 0.2) is 0 Å². The number of hydrogen-bond acceptors (Lipinski definition) is 6. The zero-order valence-electron chi connectivity index (χ0n) is 20.8. The fraction of sp³-hybridized carbons (Fsp3) is 0.625. The van der Waals surface area contributed by atoms with Gasteiger partial charge in [0, 0.05) is 20.0 Å². The van der Waals surface area contributed by atoms with Gasteiger partial charge in [-0.15, -0.1) is 0 Å². The number of carbonyl (C=O) groups is 3. The fourth-order valence-electron chi connectivity index (χ4n) is 4.26. The highest BCUT2D eigenvalue weighted by Crippen LogP contribution is 2.31. The molecule has 0 radical (unpaired) electrons. The molecule has 9 nitrogen and oxygen atoms in total. The van der Waals surface area contributed by atoms with Crippen molar-refractivity contribution in [3.8, 4) is 0 Å². The number of hydrogen-bond donors (Lipinski definition) is 1. The van der Waals surface area contributed by atoms with E-state index in [1.54, 1.807) is 17.0 Å². The van der Waals surface area contributed by atoms with E-state index in [1.165, 1.54) is 17.9 Å². The second-order valence-corrected chi connectivity index (χ2v) is 9.68. The highest BCUT2D eigenvalue weighted by Gasteiger charge is 2.37. The third kappa shape index (κ3) is 5.71. The molecule has 0 spiro atoms. The van der Waals surface area contributed by atoms with E-state index in [1.807, 2.05) is 39.5 Å². The highest BCUT2D eigenvalue weighted by molar-refractivity contribution is 5.90. The van der Waals surface area contributed by atoms with Crippen LogP contribution in [0.1, 0.15) is 48.0 Å². The van der Waals surface area contributed by atoms with E-state index in [4.69, 9.17) is 9.47 Å². The van der Waals surface area contributed by atoms with Crippen LogP contribution in [0.3, 0.4) is 0 Å². The molecule has 188 valence electrons. The lowest BCUT2D eigenvalue weighted by Gasteiger charge is -2.45. The van der Waals surface area contributed by atoms with Gasteiger partial charge in [-0.1, -0.05) is 6.92 Å². The van der Waals surface area contributed by atoms with E-state index in [2.05, 4.69) is 5.32 Å². The number of ether oxygens (including phenoxy) is 2. The molecule has 3 atom stereocenters. The summed E-state index contributed by atoms with van der Waals surface area (Å²) in [5.74, 6) is -0.672. The molecule has 0 aliphatic carbocycles. The van der Waals surface area contributed by atoms with E-state index in [0.717, 1.165) is 0 Å². The zero-order valence-corrected chi connectivity index (χ0v) is 20.8. The van der Waals surface area contributed by atoms with Crippen molar-refractivity contribution in [2.75, 3.05) is 36.0 Å². The van der Waals surface area contributed by atoms with Crippen LogP contribution in [-0.4, -0.2) is 73.0 Å². The van der Waals surface area contributed by atoms with Crippen molar-refractivity contribution in [2.45, 2.75) is 71.8 Å². The van der Waals surface area contributed by atoms with Crippen LogP contribution < -0.4 is 15.1 Å². The van der Waals surface area contributed by atoms with Crippen LogP contribution in [-0.2, 0) is 14.3 Å². The molecule has 34 heavy (non-hydrogen) atoms. The first kappa shape index (κ1) is 25.6. The quantitative estimate of drug-likeness (QED) is 0.673. The Morgan fingerprint density at radius 1 is 1.21 bits per heavy atom. The summed E-state index contributed by atoms with van der Waals surface area (Å²) in [6, 6.07) is 4.29. The van der Waals surface area contributed by atoms with Gasteiger partial charge in [-0.05, 0) is 52.3 Å². The Hall–Kier alpha value is -3.04. The van der Waals surface area contributed by atoms with Crippen molar-refractivity contribution in [1.29, 1.82) is 0 Å². The highest BCUT2D eigenvalue weighted by atomic mass is 19.1. The van der Waals surface area contributed by atoms with E-state index < -0.39 is 23.6 Å². The van der Waals surface area contributed by atoms with Gasteiger partial charge in [0.1, 0.15) is 17.5 Å². The number of nitrogens with one attached hydrogen (secondary N) is 1. The van der Waals surface area contributed by atoms with Crippen molar-refractivity contribution in [2.24, 2.45) is 0 Å². The molecule has 1 aromatic rings. The lowest BCUT2D eigenvalue weighted by Crippen LogP contribution is -2.59. The van der Waals surface area contributed by atoms with Crippen LogP contribution in [0.5, 0.6) is 0 Å². The SMILES string of the molecule is CCC(C)(C)OC(=O)N1C(C)CN(c2ccc(N3CC(CNC(C)=O)OC3=O)cc2F)CC1C. The maximum atomic E-state index is 15.2. The monoisotopic (exact) mass is 478 g/mol. The zero-order chi connectivity index (χ0) is 25.2. The molecular weight excluding hydrogens is 443 g/mol. The molecule has 1 aromatic carbocycles. The largest absolute Gasteiger partial charge is 0.443 e. The van der Waals surface area contributed by atoms with Crippen molar-refractivity contribution in [3.05, 3.63) is 24.0 Å². The Morgan fingerprint density at radius 2 is 1.85 bits per heavy atom. The lowest BCUT2D eigenvalue weighted by atomic mass is 10.1. The van der Waals surface area contributed by atoms with Crippen LogP contribution in [0.2, 0.25) is 0 Å². The molecule has 3 rings (SSSR count).